The first kappa shape index (κ1) is 12.6. The standard InChI is InChI=1S/C11H17N5O2/c1-8-7-9(14-15(8)2)13-10(17)11(18)16-5-3-12-4-6-16/h7,12H,3-6H2,1-2H3,(H,13,14,17). The number of nitrogens with one attached hydrogen (secondary N) is 2. The van der Waals surface area contributed by atoms with Crippen LogP contribution in [0.3, 0.4) is 0 Å². The van der Waals surface area contributed by atoms with Crippen LogP contribution in [-0.2, 0) is 16.6 Å². The van der Waals surface area contributed by atoms with E-state index in [-0.39, 0.29) is 0 Å². The van der Waals surface area contributed by atoms with Gasteiger partial charge >= 0.3 is 11.8 Å². The monoisotopic (exact) mass is 251 g/mol. The Morgan fingerprint density at radius 1 is 1.39 bits per heavy atom. The Bertz CT molecular complexity index is 442. The number of amides is 2. The van der Waals surface area contributed by atoms with Crippen LogP contribution in [0.2, 0.25) is 0 Å². The maximum Gasteiger partial charge on any atom is 0.315 e. The summed E-state index contributed by atoms with van der Waals surface area (Å²) in [6, 6.07) is 1.73. The Balaban J connectivity index is 1.96. The van der Waals surface area contributed by atoms with Crippen molar-refractivity contribution < 1.29 is 9.59 Å². The van der Waals surface area contributed by atoms with Gasteiger partial charge < -0.3 is 15.5 Å². The number of hydrogen-bond acceptors (Lipinski definition) is 4. The van der Waals surface area contributed by atoms with Gasteiger partial charge in [-0.15, -0.1) is 0 Å². The highest BCUT2D eigenvalue weighted by molar-refractivity contribution is 6.39. The zero-order chi connectivity index (χ0) is 13.1. The Morgan fingerprint density at radius 3 is 2.61 bits per heavy atom. The minimum Gasteiger partial charge on any atom is -0.332 e. The molecule has 2 N–H and O–H groups in total. The first-order valence-corrected chi connectivity index (χ1v) is 5.89. The molecule has 1 saturated heterocycles. The van der Waals surface area contributed by atoms with Crippen molar-refractivity contribution in [2.75, 3.05) is 31.5 Å². The van der Waals surface area contributed by atoms with E-state index in [9.17, 15) is 9.59 Å². The summed E-state index contributed by atoms with van der Waals surface area (Å²) in [5.74, 6) is -0.724. The van der Waals surface area contributed by atoms with Gasteiger partial charge in [0.1, 0.15) is 0 Å². The predicted molar refractivity (Wildman–Crippen MR) is 66.0 cm³/mol. The summed E-state index contributed by atoms with van der Waals surface area (Å²) in [7, 11) is 1.78. The number of rotatable bonds is 1. The van der Waals surface area contributed by atoms with Crippen LogP contribution in [0.1, 0.15) is 5.69 Å². The van der Waals surface area contributed by atoms with Gasteiger partial charge in [-0.1, -0.05) is 0 Å². The first-order chi connectivity index (χ1) is 8.58. The summed E-state index contributed by atoms with van der Waals surface area (Å²) in [6.45, 7) is 4.45. The third kappa shape index (κ3) is 2.67. The largest absolute Gasteiger partial charge is 0.332 e. The summed E-state index contributed by atoms with van der Waals surface area (Å²) in [6.07, 6.45) is 0. The molecule has 0 unspecified atom stereocenters. The SMILES string of the molecule is Cc1cc(NC(=O)C(=O)N2CCNCC2)nn1C. The fourth-order valence-electron chi connectivity index (χ4n) is 1.80. The lowest BCUT2D eigenvalue weighted by molar-refractivity contribution is -0.143. The van der Waals surface area contributed by atoms with Gasteiger partial charge in [0.2, 0.25) is 0 Å². The van der Waals surface area contributed by atoms with E-state index < -0.39 is 11.8 Å². The van der Waals surface area contributed by atoms with Gasteiger partial charge in [0, 0.05) is 45.0 Å². The molecule has 0 radical (unpaired) electrons. The van der Waals surface area contributed by atoms with Gasteiger partial charge in [-0.25, -0.2) is 0 Å². The normalized spacial score (nSPS) is 15.6. The number of carbonyl (C=O) groups is 2. The van der Waals surface area contributed by atoms with Crippen molar-refractivity contribution >= 4 is 17.6 Å². The third-order valence-electron chi connectivity index (χ3n) is 2.95. The topological polar surface area (TPSA) is 79.3 Å². The van der Waals surface area contributed by atoms with Crippen LogP contribution >= 0.6 is 0 Å². The number of anilines is 1. The molecule has 98 valence electrons. The molecule has 0 saturated carbocycles. The number of aromatic nitrogens is 2. The number of piperazine rings is 1. The van der Waals surface area contributed by atoms with Gasteiger partial charge in [0.05, 0.1) is 0 Å². The number of nitrogens with zero attached hydrogens (tertiary/aromatic N) is 3. The molecule has 0 aromatic carbocycles. The van der Waals surface area contributed by atoms with Gasteiger partial charge in [-0.05, 0) is 6.92 Å². The van der Waals surface area contributed by atoms with E-state index in [0.29, 0.717) is 18.9 Å². The van der Waals surface area contributed by atoms with Crippen LogP contribution in [0.5, 0.6) is 0 Å². The predicted octanol–water partition coefficient (Wildman–Crippen LogP) is -0.901. The van der Waals surface area contributed by atoms with Crippen molar-refractivity contribution in [2.24, 2.45) is 7.05 Å². The Kier molecular flexibility index (Phi) is 3.61. The smallest absolute Gasteiger partial charge is 0.315 e. The molecule has 2 rings (SSSR count). The second-order valence-electron chi connectivity index (χ2n) is 4.29. The van der Waals surface area contributed by atoms with E-state index in [1.54, 1.807) is 22.7 Å². The fourth-order valence-corrected chi connectivity index (χ4v) is 1.80. The number of hydrogen-bond donors (Lipinski definition) is 2. The van der Waals surface area contributed by atoms with Crippen LogP contribution in [0.15, 0.2) is 6.07 Å². The second-order valence-corrected chi connectivity index (χ2v) is 4.29. The minimum absolute atomic E-state index is 0.406. The van der Waals surface area contributed by atoms with E-state index in [1.165, 1.54) is 0 Å². The molecule has 1 aliphatic rings. The van der Waals surface area contributed by atoms with E-state index in [1.807, 2.05) is 6.92 Å². The summed E-state index contributed by atoms with van der Waals surface area (Å²) in [4.78, 5) is 25.1. The van der Waals surface area contributed by atoms with Crippen molar-refractivity contribution in [3.63, 3.8) is 0 Å². The average Bonchev–Trinajstić information content (AvgIpc) is 2.68. The number of aryl methyl sites for hydroxylation is 2. The molecule has 2 amide bonds. The first-order valence-electron chi connectivity index (χ1n) is 5.89. The average molecular weight is 251 g/mol. The lowest BCUT2D eigenvalue weighted by Gasteiger charge is -2.26. The third-order valence-corrected chi connectivity index (χ3v) is 2.95. The highest BCUT2D eigenvalue weighted by Gasteiger charge is 2.23. The maximum atomic E-state index is 11.8. The van der Waals surface area contributed by atoms with Crippen molar-refractivity contribution in [1.82, 2.24) is 20.0 Å². The van der Waals surface area contributed by atoms with Crippen molar-refractivity contribution in [3.05, 3.63) is 11.8 Å². The van der Waals surface area contributed by atoms with Crippen LogP contribution < -0.4 is 10.6 Å². The molecule has 18 heavy (non-hydrogen) atoms. The molecule has 1 fully saturated rings. The molecule has 2 heterocycles. The maximum absolute atomic E-state index is 11.8. The lowest BCUT2D eigenvalue weighted by atomic mass is 10.3. The molecule has 1 aromatic heterocycles. The molecule has 0 atom stereocenters. The fraction of sp³-hybridized carbons (Fsp3) is 0.545. The summed E-state index contributed by atoms with van der Waals surface area (Å²) < 4.78 is 1.64. The summed E-state index contributed by atoms with van der Waals surface area (Å²) >= 11 is 0. The second kappa shape index (κ2) is 5.18. The van der Waals surface area contributed by atoms with Gasteiger partial charge in [-0.3, -0.25) is 14.3 Å². The molecular weight excluding hydrogens is 234 g/mol. The Morgan fingerprint density at radius 2 is 2.06 bits per heavy atom. The number of carbonyl (C=O) groups excluding carboxylic acids is 2. The van der Waals surface area contributed by atoms with Crippen LogP contribution in [0, 0.1) is 6.92 Å². The van der Waals surface area contributed by atoms with Crippen molar-refractivity contribution in [3.8, 4) is 0 Å². The Labute approximate surface area is 105 Å². The molecular formula is C11H17N5O2. The van der Waals surface area contributed by atoms with Gasteiger partial charge in [0.25, 0.3) is 0 Å². The van der Waals surface area contributed by atoms with Crippen molar-refractivity contribution in [2.45, 2.75) is 6.92 Å². The molecule has 1 aromatic rings. The van der Waals surface area contributed by atoms with Gasteiger partial charge in [-0.2, -0.15) is 5.10 Å². The van der Waals surface area contributed by atoms with Crippen LogP contribution in [-0.4, -0.2) is 52.7 Å². The van der Waals surface area contributed by atoms with E-state index in [0.717, 1.165) is 18.8 Å². The molecule has 7 heteroatoms. The molecule has 7 nitrogen and oxygen atoms in total. The van der Waals surface area contributed by atoms with E-state index >= 15 is 0 Å². The van der Waals surface area contributed by atoms with E-state index in [4.69, 9.17) is 0 Å². The minimum atomic E-state index is -0.630. The van der Waals surface area contributed by atoms with Gasteiger partial charge in [0.15, 0.2) is 5.82 Å². The molecule has 1 aliphatic heterocycles. The summed E-state index contributed by atoms with van der Waals surface area (Å²) in [5.41, 5.74) is 0.917. The van der Waals surface area contributed by atoms with E-state index in [2.05, 4.69) is 15.7 Å². The molecule has 0 aliphatic carbocycles. The van der Waals surface area contributed by atoms with Crippen LogP contribution in [0.25, 0.3) is 0 Å². The molecule has 0 spiro atoms. The lowest BCUT2D eigenvalue weighted by Crippen LogP contribution is -2.49. The Hall–Kier alpha value is -1.89. The zero-order valence-corrected chi connectivity index (χ0v) is 10.6. The molecule has 0 bridgehead atoms. The van der Waals surface area contributed by atoms with Crippen molar-refractivity contribution in [1.29, 1.82) is 0 Å². The van der Waals surface area contributed by atoms with Crippen LogP contribution in [0.4, 0.5) is 5.82 Å². The highest BCUT2D eigenvalue weighted by atomic mass is 16.2. The quantitative estimate of drug-likeness (QED) is 0.634. The summed E-state index contributed by atoms with van der Waals surface area (Å²) in [5, 5.41) is 9.73. The highest BCUT2D eigenvalue weighted by Crippen LogP contribution is 2.07. The zero-order valence-electron chi connectivity index (χ0n) is 10.6.